The smallest absolute Gasteiger partial charge is 0.243 e. The van der Waals surface area contributed by atoms with Gasteiger partial charge in [-0.15, -0.1) is 32.6 Å². The van der Waals surface area contributed by atoms with Gasteiger partial charge in [0.1, 0.15) is 6.04 Å². The molecule has 1 fully saturated rings. The number of amides is 2. The first kappa shape index (κ1) is 26.8. The predicted molar refractivity (Wildman–Crippen MR) is 103 cm³/mol. The van der Waals surface area contributed by atoms with E-state index in [1.807, 2.05) is 20.8 Å². The minimum Gasteiger partial charge on any atom is -0.354 e. The molecule has 0 bridgehead atoms. The van der Waals surface area contributed by atoms with Gasteiger partial charge in [-0.2, -0.15) is 0 Å². The van der Waals surface area contributed by atoms with Gasteiger partial charge in [0.25, 0.3) is 0 Å². The molecule has 24 heavy (non-hydrogen) atoms. The fourth-order valence-electron chi connectivity index (χ4n) is 2.12. The predicted octanol–water partition coefficient (Wildman–Crippen LogP) is 2.34. The van der Waals surface area contributed by atoms with Crippen molar-refractivity contribution in [2.45, 2.75) is 46.1 Å². The maximum absolute atomic E-state index is 12.1. The molecule has 1 heterocycles. The molecule has 0 aromatic heterocycles. The Morgan fingerprint density at radius 3 is 2.38 bits per heavy atom. The van der Waals surface area contributed by atoms with Crippen LogP contribution in [0.15, 0.2) is 25.8 Å². The van der Waals surface area contributed by atoms with Crippen molar-refractivity contribution in [3.63, 3.8) is 0 Å². The standard InChI is InChI=1S/C13H23N3O2.C2H6.C2H4.C2H2/c1-3-5-11(12(17)15-8-4-7-14)16-9-6-10(2)13(16)18;3*1-2/h3,10-11H,1,4-9,14H2,2H3,(H,15,17);1-2H3;1-2H2;1-2H/t10-,11+;;;/m1.../s1. The van der Waals surface area contributed by atoms with Gasteiger partial charge < -0.3 is 16.0 Å². The van der Waals surface area contributed by atoms with Crippen LogP contribution in [0.2, 0.25) is 0 Å². The Morgan fingerprint density at radius 1 is 1.46 bits per heavy atom. The summed E-state index contributed by atoms with van der Waals surface area (Å²) in [6, 6.07) is -0.419. The zero-order valence-electron chi connectivity index (χ0n) is 15.6. The fraction of sp³-hybridized carbons (Fsp3) is 0.579. The molecule has 5 heteroatoms. The molecule has 0 unspecified atom stereocenters. The summed E-state index contributed by atoms with van der Waals surface area (Å²) < 4.78 is 0. The van der Waals surface area contributed by atoms with Crippen LogP contribution in [0.1, 0.15) is 40.0 Å². The number of nitrogens with one attached hydrogen (secondary N) is 1. The molecule has 0 aromatic carbocycles. The third-order valence-electron chi connectivity index (χ3n) is 3.26. The van der Waals surface area contributed by atoms with E-state index in [4.69, 9.17) is 5.73 Å². The maximum atomic E-state index is 12.1. The van der Waals surface area contributed by atoms with Crippen molar-refractivity contribution in [2.75, 3.05) is 19.6 Å². The minimum absolute atomic E-state index is 0.0224. The van der Waals surface area contributed by atoms with Crippen LogP contribution in [0.5, 0.6) is 0 Å². The van der Waals surface area contributed by atoms with E-state index >= 15 is 0 Å². The summed E-state index contributed by atoms with van der Waals surface area (Å²) in [5.41, 5.74) is 5.38. The molecule has 0 saturated carbocycles. The number of terminal acetylenes is 1. The topological polar surface area (TPSA) is 75.4 Å². The Labute approximate surface area is 148 Å². The Morgan fingerprint density at radius 2 is 2.00 bits per heavy atom. The maximum Gasteiger partial charge on any atom is 0.243 e. The first-order valence-electron chi connectivity index (χ1n) is 8.34. The third-order valence-corrected chi connectivity index (χ3v) is 3.26. The van der Waals surface area contributed by atoms with Crippen molar-refractivity contribution in [1.82, 2.24) is 10.2 Å². The minimum atomic E-state index is -0.419. The van der Waals surface area contributed by atoms with Gasteiger partial charge in [0, 0.05) is 19.0 Å². The van der Waals surface area contributed by atoms with Crippen molar-refractivity contribution in [3.05, 3.63) is 25.8 Å². The van der Waals surface area contributed by atoms with Crippen LogP contribution >= 0.6 is 0 Å². The Balaban J connectivity index is -0.000000659. The van der Waals surface area contributed by atoms with Gasteiger partial charge in [0.15, 0.2) is 0 Å². The number of rotatable bonds is 7. The molecule has 2 amide bonds. The van der Waals surface area contributed by atoms with Crippen LogP contribution in [0.4, 0.5) is 0 Å². The molecule has 1 saturated heterocycles. The highest BCUT2D eigenvalue weighted by Crippen LogP contribution is 2.21. The van der Waals surface area contributed by atoms with Crippen molar-refractivity contribution in [3.8, 4) is 12.8 Å². The van der Waals surface area contributed by atoms with E-state index in [0.717, 1.165) is 12.8 Å². The summed E-state index contributed by atoms with van der Waals surface area (Å²) in [5.74, 6) is -0.0178. The van der Waals surface area contributed by atoms with E-state index in [-0.39, 0.29) is 17.7 Å². The molecule has 3 N–H and O–H groups in total. The molecule has 5 nitrogen and oxygen atoms in total. The normalized spacial score (nSPS) is 16.2. The van der Waals surface area contributed by atoms with Gasteiger partial charge >= 0.3 is 0 Å². The van der Waals surface area contributed by atoms with Crippen molar-refractivity contribution in [2.24, 2.45) is 11.7 Å². The largest absolute Gasteiger partial charge is 0.354 e. The number of hydrogen-bond donors (Lipinski definition) is 2. The number of carbonyl (C=O) groups is 2. The van der Waals surface area contributed by atoms with Crippen LogP contribution in [0.25, 0.3) is 0 Å². The van der Waals surface area contributed by atoms with E-state index < -0.39 is 6.04 Å². The molecule has 1 aliphatic rings. The van der Waals surface area contributed by atoms with Crippen molar-refractivity contribution >= 4 is 11.8 Å². The lowest BCUT2D eigenvalue weighted by Gasteiger charge is -2.26. The summed E-state index contributed by atoms with van der Waals surface area (Å²) in [7, 11) is 0. The highest BCUT2D eigenvalue weighted by atomic mass is 16.2. The second-order valence-corrected chi connectivity index (χ2v) is 4.69. The Hall–Kier alpha value is -2.06. The van der Waals surface area contributed by atoms with E-state index in [1.54, 1.807) is 11.0 Å². The van der Waals surface area contributed by atoms with E-state index in [0.29, 0.717) is 26.1 Å². The quantitative estimate of drug-likeness (QED) is 0.425. The molecular formula is C19H35N3O2. The van der Waals surface area contributed by atoms with Crippen LogP contribution in [-0.2, 0) is 9.59 Å². The first-order chi connectivity index (χ1) is 11.6. The number of hydrogen-bond acceptors (Lipinski definition) is 3. The Bertz CT molecular complexity index is 367. The lowest BCUT2D eigenvalue weighted by molar-refractivity contribution is -0.139. The molecule has 0 radical (unpaired) electrons. The molecular weight excluding hydrogens is 302 g/mol. The summed E-state index contributed by atoms with van der Waals surface area (Å²) in [5, 5.41) is 2.82. The summed E-state index contributed by atoms with van der Waals surface area (Å²) in [6.45, 7) is 17.3. The second kappa shape index (κ2) is 19.0. The van der Waals surface area contributed by atoms with Crippen LogP contribution in [0, 0.1) is 18.8 Å². The molecule has 2 atom stereocenters. The average Bonchev–Trinajstić information content (AvgIpc) is 2.97. The van der Waals surface area contributed by atoms with Crippen LogP contribution in [0.3, 0.4) is 0 Å². The van der Waals surface area contributed by atoms with Gasteiger partial charge in [-0.1, -0.05) is 26.8 Å². The van der Waals surface area contributed by atoms with Gasteiger partial charge in [0.05, 0.1) is 0 Å². The van der Waals surface area contributed by atoms with E-state index in [1.165, 1.54) is 0 Å². The monoisotopic (exact) mass is 337 g/mol. The number of likely N-dealkylation sites (tertiary alicyclic amines) is 1. The molecule has 1 rings (SSSR count). The van der Waals surface area contributed by atoms with Gasteiger partial charge in [-0.3, -0.25) is 9.59 Å². The Kier molecular flexibility index (Phi) is 21.2. The second-order valence-electron chi connectivity index (χ2n) is 4.69. The van der Waals surface area contributed by atoms with Gasteiger partial charge in [0.2, 0.25) is 11.8 Å². The lowest BCUT2D eigenvalue weighted by atomic mass is 10.1. The molecule has 1 aliphatic heterocycles. The molecule has 138 valence electrons. The van der Waals surface area contributed by atoms with Crippen molar-refractivity contribution in [1.29, 1.82) is 0 Å². The number of nitrogens with two attached hydrogens (primary N) is 1. The van der Waals surface area contributed by atoms with Crippen LogP contribution < -0.4 is 11.1 Å². The zero-order valence-corrected chi connectivity index (χ0v) is 15.6. The SMILES string of the molecule is C#C.C=C.C=CC[C@@H](C(=O)NCCCN)N1CC[C@@H](C)C1=O.CC. The number of carbonyl (C=O) groups excluding carboxylic acids is 2. The summed E-state index contributed by atoms with van der Waals surface area (Å²) in [6.07, 6.45) is 11.7. The van der Waals surface area contributed by atoms with Crippen LogP contribution in [-0.4, -0.2) is 42.4 Å². The number of nitrogens with zero attached hydrogens (tertiary/aromatic N) is 1. The third kappa shape index (κ3) is 9.86. The lowest BCUT2D eigenvalue weighted by Crippen LogP contribution is -2.48. The van der Waals surface area contributed by atoms with E-state index in [9.17, 15) is 9.59 Å². The summed E-state index contributed by atoms with van der Waals surface area (Å²) in [4.78, 5) is 25.7. The first-order valence-corrected chi connectivity index (χ1v) is 8.34. The highest BCUT2D eigenvalue weighted by molar-refractivity contribution is 5.89. The van der Waals surface area contributed by atoms with Gasteiger partial charge in [-0.05, 0) is 25.8 Å². The summed E-state index contributed by atoms with van der Waals surface area (Å²) >= 11 is 0. The zero-order chi connectivity index (χ0) is 19.5. The molecule has 0 aliphatic carbocycles. The average molecular weight is 338 g/mol. The molecule has 0 spiro atoms. The van der Waals surface area contributed by atoms with Gasteiger partial charge in [-0.25, -0.2) is 0 Å². The fourth-order valence-corrected chi connectivity index (χ4v) is 2.12. The van der Waals surface area contributed by atoms with E-state index in [2.05, 4.69) is 37.9 Å². The molecule has 0 aromatic rings. The highest BCUT2D eigenvalue weighted by Gasteiger charge is 2.35. The van der Waals surface area contributed by atoms with Crippen molar-refractivity contribution < 1.29 is 9.59 Å².